The van der Waals surface area contributed by atoms with Crippen LogP contribution in [-0.4, -0.2) is 51.6 Å². The topological polar surface area (TPSA) is 78.7 Å². The third-order valence-corrected chi connectivity index (χ3v) is 5.36. The van der Waals surface area contributed by atoms with E-state index >= 15 is 0 Å². The van der Waals surface area contributed by atoms with Crippen molar-refractivity contribution in [1.29, 1.82) is 0 Å². The van der Waals surface area contributed by atoms with Gasteiger partial charge in [-0.2, -0.15) is 0 Å². The summed E-state index contributed by atoms with van der Waals surface area (Å²) in [5.74, 6) is 0. The Hall–Kier alpha value is -0.510. The Morgan fingerprint density at radius 3 is 2.61 bits per heavy atom. The number of nitrogens with two attached hydrogens (primary N) is 1. The smallest absolute Gasteiger partial charge is 0.254 e. The standard InChI is InChI=1S/C10H18N4O2S2/c1-13-2-4-14(5-3-13)12-18(15,16)10-6-9(7-11)17-8-10/h6,8,12H,2-5,7,11H2,1H3. The first kappa shape index (κ1) is 13.9. The summed E-state index contributed by atoms with van der Waals surface area (Å²) < 4.78 is 24.2. The van der Waals surface area contributed by atoms with Crippen LogP contribution in [0.15, 0.2) is 16.3 Å². The molecule has 0 saturated carbocycles. The Balaban J connectivity index is 2.03. The number of sulfonamides is 1. The second-order valence-electron chi connectivity index (χ2n) is 4.34. The van der Waals surface area contributed by atoms with Gasteiger partial charge in [-0.1, -0.05) is 0 Å². The van der Waals surface area contributed by atoms with Crippen molar-refractivity contribution in [3.8, 4) is 0 Å². The fourth-order valence-corrected chi connectivity index (χ4v) is 4.01. The van der Waals surface area contributed by atoms with Crippen LogP contribution in [0.4, 0.5) is 0 Å². The number of likely N-dealkylation sites (N-methyl/N-ethyl adjacent to an activating group) is 1. The Labute approximate surface area is 111 Å². The van der Waals surface area contributed by atoms with E-state index in [-0.39, 0.29) is 0 Å². The minimum absolute atomic E-state index is 0.298. The monoisotopic (exact) mass is 290 g/mol. The summed E-state index contributed by atoms with van der Waals surface area (Å²) in [6.07, 6.45) is 0. The van der Waals surface area contributed by atoms with E-state index in [1.54, 1.807) is 16.5 Å². The lowest BCUT2D eigenvalue weighted by Crippen LogP contribution is -2.52. The van der Waals surface area contributed by atoms with Gasteiger partial charge in [0.25, 0.3) is 10.0 Å². The van der Waals surface area contributed by atoms with Crippen molar-refractivity contribution < 1.29 is 8.42 Å². The van der Waals surface area contributed by atoms with E-state index in [9.17, 15) is 8.42 Å². The second-order valence-corrected chi connectivity index (χ2v) is 6.99. The highest BCUT2D eigenvalue weighted by Gasteiger charge is 2.22. The Bertz CT molecular complexity index is 492. The lowest BCUT2D eigenvalue weighted by atomic mass is 10.4. The summed E-state index contributed by atoms with van der Waals surface area (Å²) in [6.45, 7) is 3.49. The second kappa shape index (κ2) is 5.64. The molecular weight excluding hydrogens is 272 g/mol. The van der Waals surface area contributed by atoms with Crippen LogP contribution >= 0.6 is 11.3 Å². The van der Waals surface area contributed by atoms with Crippen LogP contribution in [0.3, 0.4) is 0 Å². The van der Waals surface area contributed by atoms with Gasteiger partial charge in [0.15, 0.2) is 0 Å². The Kier molecular flexibility index (Phi) is 4.36. The minimum Gasteiger partial charge on any atom is -0.326 e. The molecule has 18 heavy (non-hydrogen) atoms. The van der Waals surface area contributed by atoms with E-state index < -0.39 is 10.0 Å². The van der Waals surface area contributed by atoms with E-state index in [0.717, 1.165) is 18.0 Å². The molecule has 8 heteroatoms. The first-order chi connectivity index (χ1) is 8.51. The third kappa shape index (κ3) is 3.28. The van der Waals surface area contributed by atoms with Crippen LogP contribution in [0.25, 0.3) is 0 Å². The quantitative estimate of drug-likeness (QED) is 0.792. The van der Waals surface area contributed by atoms with Gasteiger partial charge in [-0.25, -0.2) is 13.4 Å². The molecule has 0 bridgehead atoms. The number of hydrogen-bond donors (Lipinski definition) is 2. The molecule has 1 aromatic rings. The summed E-state index contributed by atoms with van der Waals surface area (Å²) >= 11 is 1.37. The van der Waals surface area contributed by atoms with Crippen LogP contribution in [0.1, 0.15) is 4.88 Å². The molecule has 1 aliphatic heterocycles. The fourth-order valence-electron chi connectivity index (χ4n) is 1.73. The zero-order chi connectivity index (χ0) is 13.2. The third-order valence-electron chi connectivity index (χ3n) is 2.89. The van der Waals surface area contributed by atoms with Crippen molar-refractivity contribution in [3.63, 3.8) is 0 Å². The van der Waals surface area contributed by atoms with E-state index in [2.05, 4.69) is 9.73 Å². The first-order valence-corrected chi connectivity index (χ1v) is 8.11. The molecule has 0 atom stereocenters. The number of rotatable bonds is 4. The fraction of sp³-hybridized carbons (Fsp3) is 0.600. The highest BCUT2D eigenvalue weighted by atomic mass is 32.2. The zero-order valence-electron chi connectivity index (χ0n) is 10.3. The van der Waals surface area contributed by atoms with Crippen LogP contribution in [0.2, 0.25) is 0 Å². The molecule has 0 aliphatic carbocycles. The van der Waals surface area contributed by atoms with Gasteiger partial charge in [-0.15, -0.1) is 16.2 Å². The molecule has 1 saturated heterocycles. The van der Waals surface area contributed by atoms with Crippen molar-refractivity contribution in [2.45, 2.75) is 11.4 Å². The van der Waals surface area contributed by atoms with Crippen LogP contribution < -0.4 is 10.6 Å². The van der Waals surface area contributed by atoms with E-state index in [0.29, 0.717) is 24.5 Å². The van der Waals surface area contributed by atoms with Gasteiger partial charge in [0.05, 0.1) is 4.90 Å². The molecule has 102 valence electrons. The number of nitrogens with one attached hydrogen (secondary N) is 1. The Morgan fingerprint density at radius 2 is 2.06 bits per heavy atom. The normalized spacial score (nSPS) is 19.2. The number of piperazine rings is 1. The number of nitrogens with zero attached hydrogens (tertiary/aromatic N) is 2. The molecule has 2 heterocycles. The number of thiophene rings is 1. The van der Waals surface area contributed by atoms with Crippen LogP contribution in [0.5, 0.6) is 0 Å². The predicted octanol–water partition coefficient (Wildman–Crippen LogP) is -0.352. The molecule has 1 aromatic heterocycles. The largest absolute Gasteiger partial charge is 0.326 e. The molecule has 0 unspecified atom stereocenters. The molecule has 1 fully saturated rings. The maximum absolute atomic E-state index is 12.1. The molecular formula is C10H18N4O2S2. The number of hydrogen-bond acceptors (Lipinski definition) is 6. The summed E-state index contributed by atoms with van der Waals surface area (Å²) in [5.41, 5.74) is 5.49. The molecule has 0 aromatic carbocycles. The van der Waals surface area contributed by atoms with Crippen molar-refractivity contribution in [1.82, 2.24) is 14.7 Å². The van der Waals surface area contributed by atoms with Crippen LogP contribution in [-0.2, 0) is 16.6 Å². The SMILES string of the molecule is CN1CCN(NS(=O)(=O)c2csc(CN)c2)CC1. The molecule has 0 spiro atoms. The highest BCUT2D eigenvalue weighted by Crippen LogP contribution is 2.18. The van der Waals surface area contributed by atoms with E-state index in [1.165, 1.54) is 11.3 Å². The molecule has 0 amide bonds. The minimum atomic E-state index is -3.45. The van der Waals surface area contributed by atoms with Gasteiger partial charge in [0, 0.05) is 43.0 Å². The first-order valence-electron chi connectivity index (χ1n) is 5.74. The summed E-state index contributed by atoms with van der Waals surface area (Å²) in [6, 6.07) is 1.63. The van der Waals surface area contributed by atoms with Gasteiger partial charge in [-0.3, -0.25) is 0 Å². The lowest BCUT2D eigenvalue weighted by molar-refractivity contribution is 0.135. The van der Waals surface area contributed by atoms with Gasteiger partial charge in [-0.05, 0) is 13.1 Å². The average Bonchev–Trinajstić information content (AvgIpc) is 2.81. The Morgan fingerprint density at radius 1 is 1.39 bits per heavy atom. The summed E-state index contributed by atoms with van der Waals surface area (Å²) in [4.78, 5) is 5.95. The maximum Gasteiger partial charge on any atom is 0.254 e. The lowest BCUT2D eigenvalue weighted by Gasteiger charge is -2.31. The van der Waals surface area contributed by atoms with Gasteiger partial charge in [0.2, 0.25) is 0 Å². The summed E-state index contributed by atoms with van der Waals surface area (Å²) in [5, 5.41) is 3.37. The zero-order valence-corrected chi connectivity index (χ0v) is 11.9. The molecule has 2 rings (SSSR count). The molecule has 0 radical (unpaired) electrons. The molecule has 6 nitrogen and oxygen atoms in total. The maximum atomic E-state index is 12.1. The van der Waals surface area contributed by atoms with Crippen LogP contribution in [0, 0.1) is 0 Å². The van der Waals surface area contributed by atoms with Crippen molar-refractivity contribution in [2.75, 3.05) is 33.2 Å². The van der Waals surface area contributed by atoms with Crippen molar-refractivity contribution in [2.24, 2.45) is 5.73 Å². The van der Waals surface area contributed by atoms with E-state index in [1.807, 2.05) is 7.05 Å². The molecule has 3 N–H and O–H groups in total. The average molecular weight is 290 g/mol. The predicted molar refractivity (Wildman–Crippen MR) is 71.6 cm³/mol. The molecule has 1 aliphatic rings. The van der Waals surface area contributed by atoms with Gasteiger partial charge in [0.1, 0.15) is 0 Å². The van der Waals surface area contributed by atoms with Gasteiger partial charge < -0.3 is 10.6 Å². The van der Waals surface area contributed by atoms with E-state index in [4.69, 9.17) is 5.73 Å². The number of hydrazine groups is 1. The van der Waals surface area contributed by atoms with Gasteiger partial charge >= 0.3 is 0 Å². The highest BCUT2D eigenvalue weighted by molar-refractivity contribution is 7.89. The summed E-state index contributed by atoms with van der Waals surface area (Å²) in [7, 11) is -1.43. The van der Waals surface area contributed by atoms with Crippen molar-refractivity contribution in [3.05, 3.63) is 16.3 Å². The van der Waals surface area contributed by atoms with Crippen molar-refractivity contribution >= 4 is 21.4 Å².